The van der Waals surface area contributed by atoms with Crippen LogP contribution < -0.4 is 14.4 Å². The fourth-order valence-corrected chi connectivity index (χ4v) is 5.43. The number of aromatic nitrogens is 4. The Kier molecular flexibility index (Phi) is 8.04. The van der Waals surface area contributed by atoms with Gasteiger partial charge in [0, 0.05) is 54.4 Å². The molecular formula is C30H41N5O3Si. The minimum absolute atomic E-state index is 0.133. The van der Waals surface area contributed by atoms with Crippen LogP contribution in [0.25, 0.3) is 22.3 Å². The molecule has 2 aromatic carbocycles. The third kappa shape index (κ3) is 5.94. The van der Waals surface area contributed by atoms with E-state index in [9.17, 15) is 0 Å². The molecule has 0 saturated carbocycles. The summed E-state index contributed by atoms with van der Waals surface area (Å²) < 4.78 is 19.6. The Bertz CT molecular complexity index is 1450. The molecule has 0 aliphatic rings. The molecule has 0 aliphatic carbocycles. The normalized spacial score (nSPS) is 12.2. The van der Waals surface area contributed by atoms with Crippen LogP contribution in [0.4, 0.5) is 11.4 Å². The molecule has 4 aromatic rings. The summed E-state index contributed by atoms with van der Waals surface area (Å²) in [5.74, 6) is 1.45. The molecule has 39 heavy (non-hydrogen) atoms. The molecule has 0 radical (unpaired) electrons. The fourth-order valence-electron chi connectivity index (χ4n) is 4.40. The predicted octanol–water partition coefficient (Wildman–Crippen LogP) is 6.82. The second-order valence-electron chi connectivity index (χ2n) is 11.4. The molecule has 4 rings (SSSR count). The van der Waals surface area contributed by atoms with Gasteiger partial charge in [0.05, 0.1) is 49.4 Å². The van der Waals surface area contributed by atoms with Crippen molar-refractivity contribution in [3.8, 4) is 22.8 Å². The van der Waals surface area contributed by atoms with Gasteiger partial charge < -0.3 is 18.8 Å². The zero-order chi connectivity index (χ0) is 28.5. The lowest BCUT2D eigenvalue weighted by Crippen LogP contribution is -2.42. The quantitative estimate of drug-likeness (QED) is 0.213. The summed E-state index contributed by atoms with van der Waals surface area (Å²) in [6, 6.07) is 12.1. The van der Waals surface area contributed by atoms with Crippen molar-refractivity contribution in [1.29, 1.82) is 0 Å². The summed E-state index contributed by atoms with van der Waals surface area (Å²) >= 11 is 0. The first-order chi connectivity index (χ1) is 18.3. The number of ether oxygens (including phenoxy) is 2. The Hall–Kier alpha value is -3.43. The van der Waals surface area contributed by atoms with Crippen LogP contribution in [0.3, 0.4) is 0 Å². The lowest BCUT2D eigenvalue weighted by molar-refractivity contribution is 0.297. The monoisotopic (exact) mass is 547 g/mol. The molecule has 0 saturated heterocycles. The Morgan fingerprint density at radius 3 is 2.15 bits per heavy atom. The van der Waals surface area contributed by atoms with E-state index < -0.39 is 8.32 Å². The Balaban J connectivity index is 1.77. The third-order valence-corrected chi connectivity index (χ3v) is 12.4. The number of hydrogen-bond donors (Lipinski definition) is 0. The first-order valence-electron chi connectivity index (χ1n) is 13.3. The molecule has 2 heterocycles. The van der Waals surface area contributed by atoms with E-state index in [4.69, 9.17) is 23.9 Å². The lowest BCUT2D eigenvalue weighted by Gasteiger charge is -2.37. The van der Waals surface area contributed by atoms with Gasteiger partial charge in [-0.05, 0) is 50.2 Å². The van der Waals surface area contributed by atoms with Gasteiger partial charge in [-0.2, -0.15) is 5.10 Å². The van der Waals surface area contributed by atoms with Gasteiger partial charge in [-0.1, -0.05) is 20.8 Å². The highest BCUT2D eigenvalue weighted by molar-refractivity contribution is 6.74. The van der Waals surface area contributed by atoms with Crippen molar-refractivity contribution >= 4 is 30.7 Å². The van der Waals surface area contributed by atoms with Crippen LogP contribution in [0.1, 0.15) is 32.2 Å². The van der Waals surface area contributed by atoms with E-state index >= 15 is 0 Å². The van der Waals surface area contributed by atoms with Crippen molar-refractivity contribution in [2.75, 3.05) is 32.3 Å². The number of hydrogen-bond acceptors (Lipinski definition) is 7. The highest BCUT2D eigenvalue weighted by Crippen LogP contribution is 2.38. The molecular weight excluding hydrogens is 506 g/mol. The molecule has 208 valence electrons. The molecule has 0 fully saturated rings. The Labute approximate surface area is 233 Å². The minimum Gasteiger partial charge on any atom is -0.497 e. The molecule has 2 aromatic heterocycles. The summed E-state index contributed by atoms with van der Waals surface area (Å²) in [6.45, 7) is 16.6. The topological polar surface area (TPSA) is 74.5 Å². The number of aryl methyl sites for hydroxylation is 2. The van der Waals surface area contributed by atoms with Gasteiger partial charge in [-0.3, -0.25) is 9.67 Å². The van der Waals surface area contributed by atoms with Gasteiger partial charge in [-0.15, -0.1) is 0 Å². The van der Waals surface area contributed by atoms with Crippen molar-refractivity contribution in [1.82, 2.24) is 19.7 Å². The largest absolute Gasteiger partial charge is 0.497 e. The Morgan fingerprint density at radius 1 is 0.923 bits per heavy atom. The molecule has 9 heteroatoms. The van der Waals surface area contributed by atoms with Gasteiger partial charge in [0.2, 0.25) is 0 Å². The number of nitrogens with zero attached hydrogens (tertiary/aromatic N) is 5. The van der Waals surface area contributed by atoms with Gasteiger partial charge in [0.15, 0.2) is 8.32 Å². The third-order valence-electron chi connectivity index (χ3n) is 7.83. The van der Waals surface area contributed by atoms with Crippen LogP contribution in [-0.2, 0) is 11.5 Å². The first-order valence-corrected chi connectivity index (χ1v) is 16.2. The van der Waals surface area contributed by atoms with E-state index in [-0.39, 0.29) is 5.04 Å². The number of rotatable bonds is 9. The predicted molar refractivity (Wildman–Crippen MR) is 161 cm³/mol. The maximum atomic E-state index is 6.57. The zero-order valence-corrected chi connectivity index (χ0v) is 25.9. The van der Waals surface area contributed by atoms with Crippen LogP contribution >= 0.6 is 0 Å². The maximum absolute atomic E-state index is 6.57. The Morgan fingerprint density at radius 2 is 1.59 bits per heavy atom. The number of benzene rings is 2. The molecule has 8 nitrogen and oxygen atoms in total. The average Bonchev–Trinajstić information content (AvgIpc) is 3.15. The van der Waals surface area contributed by atoms with E-state index in [1.807, 2.05) is 49.1 Å². The van der Waals surface area contributed by atoms with Crippen molar-refractivity contribution in [3.63, 3.8) is 0 Å². The fraction of sp³-hybridized carbons (Fsp3) is 0.433. The summed E-state index contributed by atoms with van der Waals surface area (Å²) in [5.41, 5.74) is 7.43. The van der Waals surface area contributed by atoms with E-state index in [1.165, 1.54) is 0 Å². The molecule has 0 bridgehead atoms. The number of methoxy groups -OCH3 is 2. The molecule has 0 atom stereocenters. The van der Waals surface area contributed by atoms with Crippen LogP contribution in [0.2, 0.25) is 18.1 Å². The van der Waals surface area contributed by atoms with E-state index in [0.717, 1.165) is 56.6 Å². The van der Waals surface area contributed by atoms with Gasteiger partial charge in [-0.25, -0.2) is 4.98 Å². The highest BCUT2D eigenvalue weighted by Gasteiger charge is 2.37. The van der Waals surface area contributed by atoms with Crippen molar-refractivity contribution in [2.45, 2.75) is 52.8 Å². The second-order valence-corrected chi connectivity index (χ2v) is 16.2. The average molecular weight is 548 g/mol. The van der Waals surface area contributed by atoms with Gasteiger partial charge >= 0.3 is 0 Å². The van der Waals surface area contributed by atoms with E-state index in [2.05, 4.69) is 62.9 Å². The standard InChI is InChI=1S/C30H41N5O3Si/c1-20-29(21(2)34(6)33-20)28-19-31-26-12-11-22(17-27(26)32-28)35(13-14-38-39(9,10)30(3,4)5)23-15-24(36-7)18-25(16-23)37-8/h11-12,15-19H,13-14H2,1-10H3. The number of fused-ring (bicyclic) bond motifs is 1. The van der Waals surface area contributed by atoms with Crippen LogP contribution in [0.15, 0.2) is 42.6 Å². The second kappa shape index (κ2) is 11.0. The summed E-state index contributed by atoms with van der Waals surface area (Å²) in [6.07, 6.45) is 1.83. The van der Waals surface area contributed by atoms with Crippen molar-refractivity contribution in [3.05, 3.63) is 54.0 Å². The first kappa shape index (κ1) is 28.6. The molecule has 0 amide bonds. The van der Waals surface area contributed by atoms with Gasteiger partial charge in [0.1, 0.15) is 11.5 Å². The van der Waals surface area contributed by atoms with Crippen molar-refractivity contribution < 1.29 is 13.9 Å². The smallest absolute Gasteiger partial charge is 0.192 e. The van der Waals surface area contributed by atoms with Gasteiger partial charge in [0.25, 0.3) is 0 Å². The lowest BCUT2D eigenvalue weighted by atomic mass is 10.1. The summed E-state index contributed by atoms with van der Waals surface area (Å²) in [5, 5.41) is 4.70. The SMILES string of the molecule is COc1cc(OC)cc(N(CCO[Si](C)(C)C(C)(C)C)c2ccc3ncc(-c4c(C)nn(C)c4C)nc3c2)c1. The van der Waals surface area contributed by atoms with Crippen LogP contribution in [0, 0.1) is 13.8 Å². The molecule has 0 unspecified atom stereocenters. The molecule has 0 aliphatic heterocycles. The minimum atomic E-state index is -1.91. The number of anilines is 2. The van der Waals surface area contributed by atoms with E-state index in [1.54, 1.807) is 14.2 Å². The molecule has 0 N–H and O–H groups in total. The van der Waals surface area contributed by atoms with E-state index in [0.29, 0.717) is 13.2 Å². The van der Waals surface area contributed by atoms with Crippen LogP contribution in [0.5, 0.6) is 11.5 Å². The molecule has 0 spiro atoms. The maximum Gasteiger partial charge on any atom is 0.192 e. The highest BCUT2D eigenvalue weighted by atomic mass is 28.4. The zero-order valence-electron chi connectivity index (χ0n) is 24.9. The summed E-state index contributed by atoms with van der Waals surface area (Å²) in [7, 11) is 3.37. The summed E-state index contributed by atoms with van der Waals surface area (Å²) in [4.78, 5) is 12.0. The van der Waals surface area contributed by atoms with Crippen LogP contribution in [-0.4, -0.2) is 55.4 Å². The van der Waals surface area contributed by atoms with Crippen molar-refractivity contribution in [2.24, 2.45) is 7.05 Å².